The maximum atomic E-state index is 11.9. The highest BCUT2D eigenvalue weighted by Crippen LogP contribution is 2.16. The molecule has 0 spiro atoms. The monoisotopic (exact) mass is 248 g/mol. The third-order valence-corrected chi connectivity index (χ3v) is 3.03. The molecule has 1 aromatic rings. The molecule has 0 saturated carbocycles. The summed E-state index contributed by atoms with van der Waals surface area (Å²) >= 11 is 0. The van der Waals surface area contributed by atoms with Gasteiger partial charge in [0.2, 0.25) is 0 Å². The van der Waals surface area contributed by atoms with Crippen molar-refractivity contribution in [3.05, 3.63) is 29.8 Å². The number of morpholine rings is 1. The zero-order chi connectivity index (χ0) is 13.0. The Morgan fingerprint density at radius 3 is 2.39 bits per heavy atom. The number of likely N-dealkylation sites (N-methyl/N-ethyl adjacent to an activating group) is 1. The molecule has 0 N–H and O–H groups in total. The number of rotatable bonds is 4. The summed E-state index contributed by atoms with van der Waals surface area (Å²) in [6.07, 6.45) is 0. The molecule has 0 atom stereocenters. The van der Waals surface area contributed by atoms with Gasteiger partial charge >= 0.3 is 0 Å². The molecule has 1 fully saturated rings. The minimum absolute atomic E-state index is 0.161. The van der Waals surface area contributed by atoms with Crippen molar-refractivity contribution in [1.82, 2.24) is 4.90 Å². The Labute approximate surface area is 108 Å². The van der Waals surface area contributed by atoms with E-state index in [2.05, 4.69) is 4.90 Å². The highest BCUT2D eigenvalue weighted by atomic mass is 16.5. The Kier molecular flexibility index (Phi) is 4.33. The van der Waals surface area contributed by atoms with Crippen molar-refractivity contribution in [1.29, 1.82) is 0 Å². The summed E-state index contributed by atoms with van der Waals surface area (Å²) in [6.45, 7) is 3.86. The van der Waals surface area contributed by atoms with Gasteiger partial charge in [0, 0.05) is 24.3 Å². The molecule has 0 aromatic heterocycles. The second-order valence-electron chi connectivity index (χ2n) is 4.81. The zero-order valence-corrected chi connectivity index (χ0v) is 11.1. The number of Topliss-reactive ketones (excluding diaryl/α,β-unsaturated/α-hetero) is 1. The third kappa shape index (κ3) is 3.31. The van der Waals surface area contributed by atoms with Crippen LogP contribution in [0.4, 0.5) is 5.69 Å². The van der Waals surface area contributed by atoms with Crippen molar-refractivity contribution < 1.29 is 9.53 Å². The molecule has 2 rings (SSSR count). The maximum absolute atomic E-state index is 11.9. The lowest BCUT2D eigenvalue weighted by Gasteiger charge is -2.28. The highest BCUT2D eigenvalue weighted by Gasteiger charge is 2.12. The number of hydrogen-bond donors (Lipinski definition) is 0. The summed E-state index contributed by atoms with van der Waals surface area (Å²) in [5.41, 5.74) is 1.94. The van der Waals surface area contributed by atoms with Gasteiger partial charge in [0.05, 0.1) is 19.8 Å². The van der Waals surface area contributed by atoms with E-state index in [1.807, 2.05) is 43.3 Å². The third-order valence-electron chi connectivity index (χ3n) is 3.03. The van der Waals surface area contributed by atoms with Crippen molar-refractivity contribution in [3.8, 4) is 0 Å². The summed E-state index contributed by atoms with van der Waals surface area (Å²) in [5.74, 6) is 0.161. The lowest BCUT2D eigenvalue weighted by molar-refractivity contribution is 0.0958. The van der Waals surface area contributed by atoms with E-state index < -0.39 is 0 Å². The highest BCUT2D eigenvalue weighted by molar-refractivity contribution is 5.97. The topological polar surface area (TPSA) is 32.8 Å². The van der Waals surface area contributed by atoms with Crippen LogP contribution in [-0.4, -0.2) is 57.6 Å². The fourth-order valence-corrected chi connectivity index (χ4v) is 2.06. The van der Waals surface area contributed by atoms with Gasteiger partial charge in [-0.1, -0.05) is 0 Å². The molecule has 1 heterocycles. The van der Waals surface area contributed by atoms with Crippen LogP contribution in [0.15, 0.2) is 24.3 Å². The average molecular weight is 248 g/mol. The molecule has 1 aromatic carbocycles. The van der Waals surface area contributed by atoms with E-state index in [-0.39, 0.29) is 5.78 Å². The molecule has 18 heavy (non-hydrogen) atoms. The fraction of sp³-hybridized carbons (Fsp3) is 0.500. The molecule has 0 aliphatic carbocycles. The molecule has 4 nitrogen and oxygen atoms in total. The van der Waals surface area contributed by atoms with Crippen LogP contribution in [0.2, 0.25) is 0 Å². The minimum Gasteiger partial charge on any atom is -0.378 e. The predicted molar refractivity (Wildman–Crippen MR) is 72.4 cm³/mol. The maximum Gasteiger partial charge on any atom is 0.176 e. The molecule has 0 amide bonds. The first kappa shape index (κ1) is 13.1. The normalized spacial score (nSPS) is 16.1. The largest absolute Gasteiger partial charge is 0.378 e. The van der Waals surface area contributed by atoms with Crippen molar-refractivity contribution in [3.63, 3.8) is 0 Å². The van der Waals surface area contributed by atoms with Crippen LogP contribution in [-0.2, 0) is 4.74 Å². The molecular formula is C14H20N2O2. The van der Waals surface area contributed by atoms with Crippen LogP contribution in [0.25, 0.3) is 0 Å². The standard InChI is InChI=1S/C14H20N2O2/c1-15(2)11-14(17)12-3-5-13(6-4-12)16-7-9-18-10-8-16/h3-6H,7-11H2,1-2H3. The summed E-state index contributed by atoms with van der Waals surface area (Å²) in [5, 5.41) is 0. The fourth-order valence-electron chi connectivity index (χ4n) is 2.06. The van der Waals surface area contributed by atoms with Gasteiger partial charge in [-0.05, 0) is 38.4 Å². The van der Waals surface area contributed by atoms with Gasteiger partial charge < -0.3 is 14.5 Å². The number of carbonyl (C=O) groups is 1. The lowest BCUT2D eigenvalue weighted by Crippen LogP contribution is -2.36. The number of carbonyl (C=O) groups excluding carboxylic acids is 1. The summed E-state index contributed by atoms with van der Waals surface area (Å²) < 4.78 is 5.33. The summed E-state index contributed by atoms with van der Waals surface area (Å²) in [6, 6.07) is 7.87. The second kappa shape index (κ2) is 5.98. The number of ether oxygens (including phenoxy) is 1. The van der Waals surface area contributed by atoms with Gasteiger partial charge in [-0.2, -0.15) is 0 Å². The van der Waals surface area contributed by atoms with E-state index >= 15 is 0 Å². The van der Waals surface area contributed by atoms with Gasteiger partial charge in [0.15, 0.2) is 5.78 Å². The van der Waals surface area contributed by atoms with Gasteiger partial charge in [-0.25, -0.2) is 0 Å². The molecule has 4 heteroatoms. The van der Waals surface area contributed by atoms with E-state index in [4.69, 9.17) is 4.74 Å². The van der Waals surface area contributed by atoms with Crippen LogP contribution < -0.4 is 4.90 Å². The molecule has 0 unspecified atom stereocenters. The smallest absolute Gasteiger partial charge is 0.176 e. The van der Waals surface area contributed by atoms with Crippen LogP contribution in [0.1, 0.15) is 10.4 Å². The van der Waals surface area contributed by atoms with Gasteiger partial charge in [0.1, 0.15) is 0 Å². The quantitative estimate of drug-likeness (QED) is 0.751. The molecular weight excluding hydrogens is 228 g/mol. The number of anilines is 1. The Balaban J connectivity index is 2.02. The van der Waals surface area contributed by atoms with E-state index in [1.165, 1.54) is 5.69 Å². The first-order valence-corrected chi connectivity index (χ1v) is 6.27. The van der Waals surface area contributed by atoms with Gasteiger partial charge in [-0.15, -0.1) is 0 Å². The van der Waals surface area contributed by atoms with Crippen molar-refractivity contribution in [2.45, 2.75) is 0 Å². The first-order valence-electron chi connectivity index (χ1n) is 6.27. The Morgan fingerprint density at radius 1 is 1.22 bits per heavy atom. The van der Waals surface area contributed by atoms with Crippen LogP contribution in [0, 0.1) is 0 Å². The molecule has 98 valence electrons. The molecule has 0 bridgehead atoms. The summed E-state index contributed by atoms with van der Waals surface area (Å²) in [7, 11) is 3.81. The number of ketones is 1. The minimum atomic E-state index is 0.161. The van der Waals surface area contributed by atoms with Gasteiger partial charge in [-0.3, -0.25) is 4.79 Å². The van der Waals surface area contributed by atoms with Crippen molar-refractivity contribution in [2.24, 2.45) is 0 Å². The summed E-state index contributed by atoms with van der Waals surface area (Å²) in [4.78, 5) is 16.0. The van der Waals surface area contributed by atoms with Crippen LogP contribution >= 0.6 is 0 Å². The predicted octanol–water partition coefficient (Wildman–Crippen LogP) is 1.27. The zero-order valence-electron chi connectivity index (χ0n) is 11.1. The molecule has 1 saturated heterocycles. The van der Waals surface area contributed by atoms with Gasteiger partial charge in [0.25, 0.3) is 0 Å². The number of benzene rings is 1. The van der Waals surface area contributed by atoms with Crippen molar-refractivity contribution in [2.75, 3.05) is 51.8 Å². The van der Waals surface area contributed by atoms with E-state index in [9.17, 15) is 4.79 Å². The molecule has 1 aliphatic rings. The Hall–Kier alpha value is -1.39. The number of nitrogens with zero attached hydrogens (tertiary/aromatic N) is 2. The first-order chi connectivity index (χ1) is 8.66. The Bertz CT molecular complexity index is 395. The number of hydrogen-bond acceptors (Lipinski definition) is 4. The van der Waals surface area contributed by atoms with Crippen LogP contribution in [0.3, 0.4) is 0 Å². The average Bonchev–Trinajstić information content (AvgIpc) is 2.39. The Morgan fingerprint density at radius 2 is 1.83 bits per heavy atom. The SMILES string of the molecule is CN(C)CC(=O)c1ccc(N2CCOCC2)cc1. The van der Waals surface area contributed by atoms with E-state index in [0.717, 1.165) is 31.9 Å². The second-order valence-corrected chi connectivity index (χ2v) is 4.81. The molecule has 1 aliphatic heterocycles. The lowest BCUT2D eigenvalue weighted by atomic mass is 10.1. The van der Waals surface area contributed by atoms with Crippen molar-refractivity contribution >= 4 is 11.5 Å². The molecule has 0 radical (unpaired) electrons. The van der Waals surface area contributed by atoms with E-state index in [1.54, 1.807) is 0 Å². The van der Waals surface area contributed by atoms with Crippen LogP contribution in [0.5, 0.6) is 0 Å². The van der Waals surface area contributed by atoms with E-state index in [0.29, 0.717) is 6.54 Å².